The van der Waals surface area contributed by atoms with Crippen LogP contribution in [0.3, 0.4) is 0 Å². The maximum absolute atomic E-state index is 12.5. The first kappa shape index (κ1) is 15.9. The Morgan fingerprint density at radius 2 is 1.88 bits per heavy atom. The summed E-state index contributed by atoms with van der Waals surface area (Å²) >= 11 is 0. The average Bonchev–Trinajstić information content (AvgIpc) is 3.38. The molecular weight excluding hydrogens is 324 g/mol. The second kappa shape index (κ2) is 6.02. The zero-order chi connectivity index (χ0) is 17.6. The Kier molecular flexibility index (Phi) is 3.82. The van der Waals surface area contributed by atoms with Gasteiger partial charge in [0.15, 0.2) is 5.78 Å². The number of carbonyl (C=O) groups is 4. The third-order valence-electron chi connectivity index (χ3n) is 5.21. The molecule has 0 aliphatic carbocycles. The third kappa shape index (κ3) is 2.61. The van der Waals surface area contributed by atoms with Crippen molar-refractivity contribution in [3.63, 3.8) is 0 Å². The second-order valence-electron chi connectivity index (χ2n) is 6.78. The van der Waals surface area contributed by atoms with Crippen molar-refractivity contribution < 1.29 is 19.2 Å². The van der Waals surface area contributed by atoms with Gasteiger partial charge in [0.1, 0.15) is 11.7 Å². The molecule has 0 unspecified atom stereocenters. The Bertz CT molecular complexity index is 728. The van der Waals surface area contributed by atoms with Gasteiger partial charge in [-0.25, -0.2) is 4.79 Å². The van der Waals surface area contributed by atoms with Crippen LogP contribution in [0.1, 0.15) is 46.5 Å². The van der Waals surface area contributed by atoms with E-state index in [4.69, 9.17) is 0 Å². The number of imide groups is 1. The lowest BCUT2D eigenvalue weighted by atomic mass is 10.2. The molecule has 4 amide bonds. The van der Waals surface area contributed by atoms with Gasteiger partial charge in [0.05, 0.1) is 6.54 Å². The molecule has 4 heterocycles. The lowest BCUT2D eigenvalue weighted by Gasteiger charge is -2.14. The Morgan fingerprint density at radius 3 is 2.60 bits per heavy atom. The molecule has 1 atom stereocenters. The van der Waals surface area contributed by atoms with Crippen molar-refractivity contribution in [1.29, 1.82) is 0 Å². The number of H-pyrrole nitrogens is 1. The fraction of sp³-hybridized carbons (Fsp3) is 0.529. The summed E-state index contributed by atoms with van der Waals surface area (Å²) in [5.74, 6) is -0.759. The fourth-order valence-corrected chi connectivity index (χ4v) is 3.83. The van der Waals surface area contributed by atoms with Crippen LogP contribution in [0.2, 0.25) is 0 Å². The monoisotopic (exact) mass is 344 g/mol. The van der Waals surface area contributed by atoms with Gasteiger partial charge in [-0.2, -0.15) is 0 Å². The van der Waals surface area contributed by atoms with Crippen molar-refractivity contribution in [3.05, 3.63) is 23.5 Å². The molecule has 8 heteroatoms. The molecule has 1 aromatic heterocycles. The lowest BCUT2D eigenvalue weighted by molar-refractivity contribution is -0.127. The van der Waals surface area contributed by atoms with E-state index in [-0.39, 0.29) is 30.2 Å². The SMILES string of the molecule is O=C(CN1C(=O)[C@H]2CCCN2C1=O)c1c[nH]c(C(=O)N2CCCC2)c1. The van der Waals surface area contributed by atoms with Gasteiger partial charge in [0.25, 0.3) is 11.8 Å². The van der Waals surface area contributed by atoms with E-state index in [1.54, 1.807) is 4.90 Å². The first-order valence-corrected chi connectivity index (χ1v) is 8.69. The molecule has 0 bridgehead atoms. The van der Waals surface area contributed by atoms with Gasteiger partial charge in [-0.05, 0) is 31.7 Å². The zero-order valence-corrected chi connectivity index (χ0v) is 13.9. The fourth-order valence-electron chi connectivity index (χ4n) is 3.83. The summed E-state index contributed by atoms with van der Waals surface area (Å²) in [6.07, 6.45) is 4.94. The summed E-state index contributed by atoms with van der Waals surface area (Å²) in [7, 11) is 0. The van der Waals surface area contributed by atoms with Gasteiger partial charge in [0.2, 0.25) is 0 Å². The largest absolute Gasteiger partial charge is 0.356 e. The molecule has 3 saturated heterocycles. The minimum atomic E-state index is -0.404. The van der Waals surface area contributed by atoms with E-state index in [1.807, 2.05) is 0 Å². The number of ketones is 1. The van der Waals surface area contributed by atoms with Crippen LogP contribution in [-0.2, 0) is 4.79 Å². The summed E-state index contributed by atoms with van der Waals surface area (Å²) in [4.78, 5) is 56.5. The predicted octanol–water partition coefficient (Wildman–Crippen LogP) is 0.860. The minimum Gasteiger partial charge on any atom is -0.356 e. The maximum atomic E-state index is 12.5. The highest BCUT2D eigenvalue weighted by atomic mass is 16.2. The van der Waals surface area contributed by atoms with Gasteiger partial charge in [0, 0.05) is 31.4 Å². The number of nitrogens with zero attached hydrogens (tertiary/aromatic N) is 3. The lowest BCUT2D eigenvalue weighted by Crippen LogP contribution is -2.37. The van der Waals surface area contributed by atoms with Crippen molar-refractivity contribution >= 4 is 23.6 Å². The van der Waals surface area contributed by atoms with E-state index < -0.39 is 6.04 Å². The smallest absolute Gasteiger partial charge is 0.327 e. The van der Waals surface area contributed by atoms with E-state index in [0.29, 0.717) is 24.2 Å². The second-order valence-corrected chi connectivity index (χ2v) is 6.78. The van der Waals surface area contributed by atoms with Gasteiger partial charge in [-0.15, -0.1) is 0 Å². The average molecular weight is 344 g/mol. The highest BCUT2D eigenvalue weighted by molar-refractivity contribution is 6.10. The molecule has 1 N–H and O–H groups in total. The first-order chi connectivity index (χ1) is 12.1. The van der Waals surface area contributed by atoms with Gasteiger partial charge in [-0.1, -0.05) is 0 Å². The first-order valence-electron chi connectivity index (χ1n) is 8.69. The predicted molar refractivity (Wildman–Crippen MR) is 87.1 cm³/mol. The zero-order valence-electron chi connectivity index (χ0n) is 13.9. The molecular formula is C17H20N4O4. The van der Waals surface area contributed by atoms with E-state index in [9.17, 15) is 19.2 Å². The number of hydrogen-bond acceptors (Lipinski definition) is 4. The van der Waals surface area contributed by atoms with Crippen molar-refractivity contribution in [2.75, 3.05) is 26.2 Å². The van der Waals surface area contributed by atoms with Crippen LogP contribution in [0.25, 0.3) is 0 Å². The molecule has 8 nitrogen and oxygen atoms in total. The molecule has 0 aromatic carbocycles. The summed E-state index contributed by atoms with van der Waals surface area (Å²) < 4.78 is 0. The molecule has 0 saturated carbocycles. The number of Topliss-reactive ketones (excluding diaryl/α,β-unsaturated/α-hetero) is 1. The Morgan fingerprint density at radius 1 is 1.12 bits per heavy atom. The van der Waals surface area contributed by atoms with Crippen LogP contribution < -0.4 is 0 Å². The van der Waals surface area contributed by atoms with Crippen LogP contribution in [0.15, 0.2) is 12.3 Å². The van der Waals surface area contributed by atoms with Crippen LogP contribution in [0.4, 0.5) is 4.79 Å². The molecule has 3 fully saturated rings. The molecule has 132 valence electrons. The Balaban J connectivity index is 1.44. The molecule has 3 aliphatic rings. The third-order valence-corrected chi connectivity index (χ3v) is 5.21. The Hall–Kier alpha value is -2.64. The van der Waals surface area contributed by atoms with E-state index in [1.165, 1.54) is 17.2 Å². The Labute approximate surface area is 144 Å². The number of rotatable bonds is 4. The maximum Gasteiger partial charge on any atom is 0.327 e. The topological polar surface area (TPSA) is 93.8 Å². The molecule has 3 aliphatic heterocycles. The van der Waals surface area contributed by atoms with Crippen molar-refractivity contribution in [1.82, 2.24) is 19.7 Å². The molecule has 25 heavy (non-hydrogen) atoms. The summed E-state index contributed by atoms with van der Waals surface area (Å²) in [6.45, 7) is 1.75. The van der Waals surface area contributed by atoms with Crippen molar-refractivity contribution in [2.45, 2.75) is 31.7 Å². The van der Waals surface area contributed by atoms with Gasteiger partial charge in [-0.3, -0.25) is 19.3 Å². The van der Waals surface area contributed by atoms with Crippen LogP contribution in [0, 0.1) is 0 Å². The quantitative estimate of drug-likeness (QED) is 0.647. The van der Waals surface area contributed by atoms with E-state index in [0.717, 1.165) is 37.3 Å². The number of hydrogen-bond donors (Lipinski definition) is 1. The van der Waals surface area contributed by atoms with Crippen LogP contribution in [-0.4, -0.2) is 75.5 Å². The van der Waals surface area contributed by atoms with Gasteiger partial charge < -0.3 is 14.8 Å². The van der Waals surface area contributed by atoms with Crippen molar-refractivity contribution in [2.24, 2.45) is 0 Å². The summed E-state index contributed by atoms with van der Waals surface area (Å²) in [6, 6.07) is 0.721. The highest BCUT2D eigenvalue weighted by Crippen LogP contribution is 2.27. The number of aromatic amines is 1. The van der Waals surface area contributed by atoms with Crippen LogP contribution >= 0.6 is 0 Å². The number of urea groups is 1. The number of likely N-dealkylation sites (tertiary alicyclic amines) is 1. The molecule has 0 spiro atoms. The molecule has 1 aromatic rings. The number of fused-ring (bicyclic) bond motifs is 1. The van der Waals surface area contributed by atoms with Crippen LogP contribution in [0.5, 0.6) is 0 Å². The van der Waals surface area contributed by atoms with Gasteiger partial charge >= 0.3 is 6.03 Å². The number of carbonyl (C=O) groups excluding carboxylic acids is 4. The minimum absolute atomic E-state index is 0.120. The molecule has 0 radical (unpaired) electrons. The molecule has 4 rings (SSSR count). The standard InChI is InChI=1S/C17H20N4O4/c22-14(10-21-16(24)13-4-3-7-20(13)17(21)25)11-8-12(18-9-11)15(23)19-5-1-2-6-19/h8-9,13,18H,1-7,10H2/t13-/m1/s1. The van der Waals surface area contributed by atoms with Crippen molar-refractivity contribution in [3.8, 4) is 0 Å². The number of aromatic nitrogens is 1. The number of nitrogens with one attached hydrogen (secondary N) is 1. The summed E-state index contributed by atoms with van der Waals surface area (Å²) in [5.41, 5.74) is 0.681. The highest BCUT2D eigenvalue weighted by Gasteiger charge is 2.47. The summed E-state index contributed by atoms with van der Waals surface area (Å²) in [5, 5.41) is 0. The number of amides is 4. The normalized spacial score (nSPS) is 22.9. The van der Waals surface area contributed by atoms with E-state index >= 15 is 0 Å². The van der Waals surface area contributed by atoms with E-state index in [2.05, 4.69) is 4.98 Å².